The largest absolute Gasteiger partial charge is 0.490 e. The van der Waals surface area contributed by atoms with E-state index in [9.17, 15) is 22.4 Å². The van der Waals surface area contributed by atoms with Crippen LogP contribution in [0.1, 0.15) is 44.1 Å². The number of urea groups is 1. The third kappa shape index (κ3) is 6.21. The molecule has 3 amide bonds. The summed E-state index contributed by atoms with van der Waals surface area (Å²) in [5, 5.41) is 5.38. The number of hydrogen-bond donors (Lipinski definition) is 3. The molecule has 1 saturated carbocycles. The second-order valence-electron chi connectivity index (χ2n) is 9.16. The molecule has 2 saturated heterocycles. The standard InChI is InChI=1S/C22H31FN4O5S/c23-18-7-6-17(12-19(18)32-13-16-4-5-16)22(14-24-15-22)26-33(30,31)11-3-1-2-9-27-10-8-20(28)25-21(27)29/h6-7,12,16,24,26H,1-5,8-11,13-15H2,(H,25,28,29). The zero-order chi connectivity index (χ0) is 23.5. The molecule has 4 rings (SSSR count). The fourth-order valence-corrected chi connectivity index (χ4v) is 5.59. The fourth-order valence-electron chi connectivity index (χ4n) is 4.05. The average Bonchev–Trinajstić information content (AvgIpc) is 3.56. The minimum Gasteiger partial charge on any atom is -0.490 e. The summed E-state index contributed by atoms with van der Waals surface area (Å²) in [7, 11) is -3.57. The van der Waals surface area contributed by atoms with Crippen molar-refractivity contribution in [2.75, 3.05) is 38.5 Å². The average molecular weight is 483 g/mol. The Morgan fingerprint density at radius 3 is 2.64 bits per heavy atom. The summed E-state index contributed by atoms with van der Waals surface area (Å²) in [5.74, 6) is -0.107. The highest BCUT2D eigenvalue weighted by Crippen LogP contribution is 2.33. The summed E-state index contributed by atoms with van der Waals surface area (Å²) in [6.45, 7) is 2.20. The normalized spacial score (nSPS) is 20.3. The Labute approximate surface area is 193 Å². The molecular formula is C22H31FN4O5S. The topological polar surface area (TPSA) is 117 Å². The van der Waals surface area contributed by atoms with E-state index in [4.69, 9.17) is 4.74 Å². The van der Waals surface area contributed by atoms with Crippen LogP contribution in [-0.2, 0) is 20.4 Å². The van der Waals surface area contributed by atoms with Gasteiger partial charge in [0.2, 0.25) is 15.9 Å². The van der Waals surface area contributed by atoms with Crippen LogP contribution in [0.3, 0.4) is 0 Å². The van der Waals surface area contributed by atoms with Crippen LogP contribution in [0.2, 0.25) is 0 Å². The van der Waals surface area contributed by atoms with Crippen LogP contribution >= 0.6 is 0 Å². The molecule has 0 aromatic heterocycles. The van der Waals surface area contributed by atoms with Gasteiger partial charge in [0.15, 0.2) is 11.6 Å². The molecular weight excluding hydrogens is 451 g/mol. The van der Waals surface area contributed by atoms with Crippen molar-refractivity contribution in [3.8, 4) is 5.75 Å². The number of nitrogens with one attached hydrogen (secondary N) is 3. The zero-order valence-electron chi connectivity index (χ0n) is 18.6. The molecule has 3 fully saturated rings. The Hall–Kier alpha value is -2.24. The van der Waals surface area contributed by atoms with Gasteiger partial charge in [-0.05, 0) is 49.3 Å². The van der Waals surface area contributed by atoms with Crippen LogP contribution in [-0.4, -0.2) is 63.8 Å². The van der Waals surface area contributed by atoms with Crippen molar-refractivity contribution < 1.29 is 27.1 Å². The lowest BCUT2D eigenvalue weighted by Gasteiger charge is -2.43. The van der Waals surface area contributed by atoms with Gasteiger partial charge in [0.25, 0.3) is 0 Å². The maximum absolute atomic E-state index is 14.2. The SMILES string of the molecule is O=C1CCN(CCCCCS(=O)(=O)NC2(c3ccc(F)c(OCC4CC4)c3)CNC2)C(=O)N1. The number of nitrogens with zero attached hydrogens (tertiary/aromatic N) is 1. The highest BCUT2D eigenvalue weighted by Gasteiger charge is 2.42. The van der Waals surface area contributed by atoms with Crippen molar-refractivity contribution in [2.24, 2.45) is 5.92 Å². The minimum atomic E-state index is -3.57. The fraction of sp³-hybridized carbons (Fsp3) is 0.636. The van der Waals surface area contributed by atoms with E-state index in [1.165, 1.54) is 6.07 Å². The van der Waals surface area contributed by atoms with Gasteiger partial charge >= 0.3 is 6.03 Å². The molecule has 9 nitrogen and oxygen atoms in total. The van der Waals surface area contributed by atoms with E-state index in [1.54, 1.807) is 17.0 Å². The van der Waals surface area contributed by atoms with Crippen molar-refractivity contribution in [3.63, 3.8) is 0 Å². The van der Waals surface area contributed by atoms with Gasteiger partial charge in [-0.15, -0.1) is 0 Å². The highest BCUT2D eigenvalue weighted by molar-refractivity contribution is 7.89. The number of halogens is 1. The van der Waals surface area contributed by atoms with Crippen LogP contribution in [0, 0.1) is 11.7 Å². The van der Waals surface area contributed by atoms with Crippen LogP contribution in [0.5, 0.6) is 5.75 Å². The Morgan fingerprint density at radius 1 is 1.18 bits per heavy atom. The molecule has 3 N–H and O–H groups in total. The number of ether oxygens (including phenoxy) is 1. The second-order valence-corrected chi connectivity index (χ2v) is 11.0. The highest BCUT2D eigenvalue weighted by atomic mass is 32.2. The predicted molar refractivity (Wildman–Crippen MR) is 120 cm³/mol. The van der Waals surface area contributed by atoms with Gasteiger partial charge < -0.3 is 15.0 Å². The smallest absolute Gasteiger partial charge is 0.324 e. The molecule has 1 aromatic rings. The Balaban J connectivity index is 1.27. The van der Waals surface area contributed by atoms with E-state index in [2.05, 4.69) is 15.4 Å². The lowest BCUT2D eigenvalue weighted by atomic mass is 9.85. The molecule has 0 unspecified atom stereocenters. The summed E-state index contributed by atoms with van der Waals surface area (Å²) in [6.07, 6.45) is 4.23. The molecule has 0 spiro atoms. The number of sulfonamides is 1. The van der Waals surface area contributed by atoms with Crippen LogP contribution in [0.25, 0.3) is 0 Å². The minimum absolute atomic E-state index is 0.0360. The van der Waals surface area contributed by atoms with E-state index in [0.29, 0.717) is 63.5 Å². The second kappa shape index (κ2) is 9.94. The van der Waals surface area contributed by atoms with E-state index in [1.807, 2.05) is 0 Å². The van der Waals surface area contributed by atoms with Crippen LogP contribution < -0.4 is 20.1 Å². The van der Waals surface area contributed by atoms with Gasteiger partial charge in [0.05, 0.1) is 17.9 Å². The van der Waals surface area contributed by atoms with Gasteiger partial charge in [-0.3, -0.25) is 10.1 Å². The summed E-state index contributed by atoms with van der Waals surface area (Å²) < 4.78 is 48.2. The molecule has 182 valence electrons. The lowest BCUT2D eigenvalue weighted by molar-refractivity contribution is -0.121. The molecule has 3 aliphatic rings. The first-order chi connectivity index (χ1) is 15.8. The number of carbonyl (C=O) groups is 2. The third-order valence-electron chi connectivity index (χ3n) is 6.34. The first-order valence-corrected chi connectivity index (χ1v) is 13.2. The molecule has 2 heterocycles. The number of unbranched alkanes of at least 4 members (excludes halogenated alkanes) is 2. The molecule has 11 heteroatoms. The molecule has 0 bridgehead atoms. The monoisotopic (exact) mass is 482 g/mol. The van der Waals surface area contributed by atoms with E-state index in [-0.39, 0.29) is 29.9 Å². The van der Waals surface area contributed by atoms with Crippen molar-refractivity contribution in [3.05, 3.63) is 29.6 Å². The number of carbonyl (C=O) groups excluding carboxylic acids is 2. The van der Waals surface area contributed by atoms with E-state index in [0.717, 1.165) is 12.8 Å². The number of amides is 3. The maximum Gasteiger partial charge on any atom is 0.324 e. The Morgan fingerprint density at radius 2 is 1.97 bits per heavy atom. The summed E-state index contributed by atoms with van der Waals surface area (Å²) >= 11 is 0. The van der Waals surface area contributed by atoms with Gasteiger partial charge in [-0.25, -0.2) is 22.3 Å². The Bertz CT molecular complexity index is 995. The molecule has 0 radical (unpaired) electrons. The van der Waals surface area contributed by atoms with Crippen molar-refractivity contribution in [1.29, 1.82) is 0 Å². The first kappa shape index (κ1) is 23.9. The number of benzene rings is 1. The summed E-state index contributed by atoms with van der Waals surface area (Å²) in [4.78, 5) is 24.5. The van der Waals surface area contributed by atoms with Gasteiger partial charge in [-0.2, -0.15) is 0 Å². The van der Waals surface area contributed by atoms with Gasteiger partial charge in [0.1, 0.15) is 0 Å². The first-order valence-electron chi connectivity index (χ1n) is 11.5. The van der Waals surface area contributed by atoms with Crippen molar-refractivity contribution in [2.45, 2.75) is 44.1 Å². The quantitative estimate of drug-likeness (QED) is 0.388. The van der Waals surface area contributed by atoms with Crippen LogP contribution in [0.15, 0.2) is 18.2 Å². The van der Waals surface area contributed by atoms with Crippen LogP contribution in [0.4, 0.5) is 9.18 Å². The van der Waals surface area contributed by atoms with Crippen molar-refractivity contribution >= 4 is 22.0 Å². The molecule has 33 heavy (non-hydrogen) atoms. The van der Waals surface area contributed by atoms with E-state index < -0.39 is 21.4 Å². The third-order valence-corrected chi connectivity index (χ3v) is 7.87. The van der Waals surface area contributed by atoms with Gasteiger partial charge in [0, 0.05) is 32.6 Å². The molecule has 0 atom stereocenters. The number of rotatable bonds is 12. The predicted octanol–water partition coefficient (Wildman–Crippen LogP) is 1.44. The molecule has 1 aromatic carbocycles. The molecule has 1 aliphatic carbocycles. The van der Waals surface area contributed by atoms with Crippen molar-refractivity contribution in [1.82, 2.24) is 20.3 Å². The maximum atomic E-state index is 14.2. The zero-order valence-corrected chi connectivity index (χ0v) is 19.4. The lowest BCUT2D eigenvalue weighted by Crippen LogP contribution is -2.66. The van der Waals surface area contributed by atoms with Gasteiger partial charge in [-0.1, -0.05) is 12.5 Å². The Kier molecular flexibility index (Phi) is 7.20. The number of hydrogen-bond acceptors (Lipinski definition) is 6. The number of imide groups is 1. The summed E-state index contributed by atoms with van der Waals surface area (Å²) in [5.41, 5.74) is -0.134. The van der Waals surface area contributed by atoms with E-state index >= 15 is 0 Å². The molecule has 2 aliphatic heterocycles. The summed E-state index contributed by atoms with van der Waals surface area (Å²) in [6, 6.07) is 4.16.